The van der Waals surface area contributed by atoms with Crippen LogP contribution in [0.1, 0.15) is 26.5 Å². The maximum absolute atomic E-state index is 12.3. The fraction of sp³-hybridized carbons (Fsp3) is 0.188. The van der Waals surface area contributed by atoms with Gasteiger partial charge < -0.3 is 20.5 Å². The van der Waals surface area contributed by atoms with Gasteiger partial charge >= 0.3 is 5.97 Å². The second kappa shape index (κ2) is 8.39. The first-order chi connectivity index (χ1) is 12.1. The average Bonchev–Trinajstić information content (AvgIpc) is 2.65. The van der Waals surface area contributed by atoms with Crippen LogP contribution in [0.15, 0.2) is 35.3 Å². The second-order valence-corrected chi connectivity index (χ2v) is 4.74. The number of nitrogens with one attached hydrogen (secondary N) is 1. The van der Waals surface area contributed by atoms with E-state index in [-0.39, 0.29) is 23.9 Å². The summed E-state index contributed by atoms with van der Waals surface area (Å²) in [6.45, 7) is 0.253. The summed E-state index contributed by atoms with van der Waals surface area (Å²) in [5, 5.41) is 2.70. The van der Waals surface area contributed by atoms with E-state index in [1.165, 1.54) is 13.2 Å². The lowest BCUT2D eigenvalue weighted by Crippen LogP contribution is -2.24. The van der Waals surface area contributed by atoms with E-state index in [1.54, 1.807) is 19.2 Å². The molecule has 3 N–H and O–H groups in total. The molecule has 1 aromatic carbocycles. The van der Waals surface area contributed by atoms with Crippen LogP contribution in [0.3, 0.4) is 0 Å². The maximum Gasteiger partial charge on any atom is 0.356 e. The summed E-state index contributed by atoms with van der Waals surface area (Å²) < 4.78 is 9.73. The van der Waals surface area contributed by atoms with E-state index in [2.05, 4.69) is 25.0 Å². The summed E-state index contributed by atoms with van der Waals surface area (Å²) in [4.78, 5) is 35.5. The molecule has 0 aliphatic carbocycles. The SMILES string of the molecule is COC(=O)c1cc(C(=O)NCc2cccc(OC)c2)nc(/N=C\N)n1. The van der Waals surface area contributed by atoms with E-state index in [9.17, 15) is 9.59 Å². The first kappa shape index (κ1) is 17.9. The molecular weight excluding hydrogens is 326 g/mol. The molecule has 2 rings (SSSR count). The van der Waals surface area contributed by atoms with Gasteiger partial charge in [-0.3, -0.25) is 4.79 Å². The second-order valence-electron chi connectivity index (χ2n) is 4.74. The first-order valence-electron chi connectivity index (χ1n) is 7.20. The summed E-state index contributed by atoms with van der Waals surface area (Å²) in [5.74, 6) is -0.639. The molecule has 0 saturated heterocycles. The quantitative estimate of drug-likeness (QED) is 0.451. The van der Waals surface area contributed by atoms with Crippen molar-refractivity contribution in [2.24, 2.45) is 10.7 Å². The zero-order valence-corrected chi connectivity index (χ0v) is 13.7. The molecule has 0 aliphatic rings. The van der Waals surface area contributed by atoms with Gasteiger partial charge in [-0.2, -0.15) is 0 Å². The highest BCUT2D eigenvalue weighted by Crippen LogP contribution is 2.13. The molecule has 0 fully saturated rings. The number of amides is 1. The zero-order chi connectivity index (χ0) is 18.2. The fourth-order valence-electron chi connectivity index (χ4n) is 1.94. The highest BCUT2D eigenvalue weighted by molar-refractivity contribution is 5.95. The van der Waals surface area contributed by atoms with Crippen molar-refractivity contribution >= 4 is 24.2 Å². The number of aromatic nitrogens is 2. The Morgan fingerprint density at radius 1 is 1.24 bits per heavy atom. The van der Waals surface area contributed by atoms with Crippen LogP contribution < -0.4 is 15.8 Å². The molecule has 1 aromatic heterocycles. The molecule has 0 atom stereocenters. The topological polar surface area (TPSA) is 129 Å². The maximum atomic E-state index is 12.3. The minimum atomic E-state index is -0.710. The van der Waals surface area contributed by atoms with Gasteiger partial charge in [0.2, 0.25) is 0 Å². The lowest BCUT2D eigenvalue weighted by molar-refractivity contribution is 0.0594. The van der Waals surface area contributed by atoms with Crippen LogP contribution in [0.25, 0.3) is 0 Å². The number of carbonyl (C=O) groups is 2. The van der Waals surface area contributed by atoms with Gasteiger partial charge in [-0.25, -0.2) is 19.8 Å². The third-order valence-electron chi connectivity index (χ3n) is 3.12. The fourth-order valence-corrected chi connectivity index (χ4v) is 1.94. The molecule has 130 valence electrons. The monoisotopic (exact) mass is 343 g/mol. The number of esters is 1. The van der Waals surface area contributed by atoms with E-state index >= 15 is 0 Å². The van der Waals surface area contributed by atoms with Crippen molar-refractivity contribution in [3.8, 4) is 5.75 Å². The van der Waals surface area contributed by atoms with E-state index in [1.807, 2.05) is 12.1 Å². The van der Waals surface area contributed by atoms with Gasteiger partial charge in [0, 0.05) is 12.6 Å². The molecule has 1 amide bonds. The lowest BCUT2D eigenvalue weighted by Gasteiger charge is -2.08. The van der Waals surface area contributed by atoms with Crippen LogP contribution in [0.5, 0.6) is 5.75 Å². The van der Waals surface area contributed by atoms with Crippen molar-refractivity contribution < 1.29 is 19.1 Å². The van der Waals surface area contributed by atoms with Crippen molar-refractivity contribution in [2.45, 2.75) is 6.54 Å². The third kappa shape index (κ3) is 4.74. The van der Waals surface area contributed by atoms with Gasteiger partial charge in [0.25, 0.3) is 11.9 Å². The van der Waals surface area contributed by atoms with Gasteiger partial charge in [0.05, 0.1) is 20.6 Å². The Morgan fingerprint density at radius 2 is 2.00 bits per heavy atom. The predicted molar refractivity (Wildman–Crippen MR) is 89.9 cm³/mol. The molecule has 25 heavy (non-hydrogen) atoms. The number of rotatable bonds is 6. The normalized spacial score (nSPS) is 10.5. The number of hydrogen-bond acceptors (Lipinski definition) is 7. The minimum absolute atomic E-state index is 0.0288. The summed E-state index contributed by atoms with van der Waals surface area (Å²) >= 11 is 0. The Labute approximate surface area is 143 Å². The third-order valence-corrected chi connectivity index (χ3v) is 3.12. The Hall–Kier alpha value is -3.49. The molecule has 9 heteroatoms. The van der Waals surface area contributed by atoms with Crippen LogP contribution in [0.4, 0.5) is 5.95 Å². The van der Waals surface area contributed by atoms with E-state index in [4.69, 9.17) is 10.5 Å². The largest absolute Gasteiger partial charge is 0.497 e. The lowest BCUT2D eigenvalue weighted by atomic mass is 10.2. The number of methoxy groups -OCH3 is 2. The van der Waals surface area contributed by atoms with Crippen LogP contribution in [-0.2, 0) is 11.3 Å². The molecule has 0 unspecified atom stereocenters. The number of benzene rings is 1. The number of nitrogens with zero attached hydrogens (tertiary/aromatic N) is 3. The van der Waals surface area contributed by atoms with Crippen molar-refractivity contribution in [2.75, 3.05) is 14.2 Å². The van der Waals surface area contributed by atoms with Crippen molar-refractivity contribution in [1.29, 1.82) is 0 Å². The van der Waals surface area contributed by atoms with E-state index in [0.29, 0.717) is 5.75 Å². The molecule has 0 spiro atoms. The molecule has 9 nitrogen and oxygen atoms in total. The molecule has 0 bridgehead atoms. The van der Waals surface area contributed by atoms with Crippen LogP contribution in [0, 0.1) is 0 Å². The number of aliphatic imine (C=N–C) groups is 1. The Bertz CT molecular complexity index is 807. The summed E-state index contributed by atoms with van der Waals surface area (Å²) in [6, 6.07) is 8.48. The van der Waals surface area contributed by atoms with Gasteiger partial charge in [-0.05, 0) is 17.7 Å². The number of nitrogens with two attached hydrogens (primary N) is 1. The molecule has 2 aromatic rings. The Kier molecular flexibility index (Phi) is 5.99. The Morgan fingerprint density at radius 3 is 2.68 bits per heavy atom. The van der Waals surface area contributed by atoms with Crippen LogP contribution >= 0.6 is 0 Å². The van der Waals surface area contributed by atoms with Crippen LogP contribution in [0.2, 0.25) is 0 Å². The summed E-state index contributed by atoms with van der Waals surface area (Å²) in [7, 11) is 2.77. The van der Waals surface area contributed by atoms with Crippen molar-refractivity contribution in [1.82, 2.24) is 15.3 Å². The smallest absolute Gasteiger partial charge is 0.356 e. The standard InChI is InChI=1S/C16H17N5O4/c1-24-11-5-3-4-10(6-11)8-18-14(22)12-7-13(15(23)25-2)21-16(20-12)19-9-17/h3-7,9H,8H2,1-2H3,(H,18,22)(H2,17,19,20,21). The first-order valence-corrected chi connectivity index (χ1v) is 7.20. The van der Waals surface area contributed by atoms with Crippen molar-refractivity contribution in [3.63, 3.8) is 0 Å². The number of carbonyl (C=O) groups excluding carboxylic acids is 2. The van der Waals surface area contributed by atoms with E-state index in [0.717, 1.165) is 11.9 Å². The molecule has 0 aliphatic heterocycles. The predicted octanol–water partition coefficient (Wildman–Crippen LogP) is 0.820. The van der Waals surface area contributed by atoms with Gasteiger partial charge in [-0.1, -0.05) is 12.1 Å². The zero-order valence-electron chi connectivity index (χ0n) is 13.7. The van der Waals surface area contributed by atoms with Crippen LogP contribution in [-0.4, -0.2) is 42.4 Å². The Balaban J connectivity index is 2.19. The molecular formula is C16H17N5O4. The highest BCUT2D eigenvalue weighted by atomic mass is 16.5. The molecule has 0 radical (unpaired) electrons. The summed E-state index contributed by atoms with van der Waals surface area (Å²) in [5.41, 5.74) is 5.93. The molecule has 1 heterocycles. The number of ether oxygens (including phenoxy) is 2. The van der Waals surface area contributed by atoms with Gasteiger partial charge in [0.1, 0.15) is 11.4 Å². The number of hydrogen-bond donors (Lipinski definition) is 2. The average molecular weight is 343 g/mol. The summed E-state index contributed by atoms with van der Waals surface area (Å²) in [6.07, 6.45) is 0.967. The van der Waals surface area contributed by atoms with Crippen molar-refractivity contribution in [3.05, 3.63) is 47.3 Å². The van der Waals surface area contributed by atoms with Gasteiger partial charge in [0.15, 0.2) is 5.69 Å². The minimum Gasteiger partial charge on any atom is -0.497 e. The van der Waals surface area contributed by atoms with E-state index < -0.39 is 11.9 Å². The van der Waals surface area contributed by atoms with Gasteiger partial charge in [-0.15, -0.1) is 0 Å². The highest BCUT2D eigenvalue weighted by Gasteiger charge is 2.16. The molecule has 0 saturated carbocycles.